The molecule has 98 valence electrons. The maximum Gasteiger partial charge on any atom is 0.328 e. The number of aliphatic hydroxyl groups excluding tert-OH is 1. The Bertz CT molecular complexity index is 408. The lowest BCUT2D eigenvalue weighted by Crippen LogP contribution is -2.48. The van der Waals surface area contributed by atoms with Crippen molar-refractivity contribution < 1.29 is 19.8 Å². The first kappa shape index (κ1) is 14.0. The molecule has 0 fully saturated rings. The van der Waals surface area contributed by atoms with Crippen molar-refractivity contribution in [2.75, 3.05) is 13.7 Å². The van der Waals surface area contributed by atoms with Crippen molar-refractivity contribution in [1.82, 2.24) is 10.2 Å². The smallest absolute Gasteiger partial charge is 0.328 e. The zero-order valence-electron chi connectivity index (χ0n) is 10.0. The lowest BCUT2D eigenvalue weighted by atomic mass is 10.2. The van der Waals surface area contributed by atoms with Crippen LogP contribution in [0.25, 0.3) is 0 Å². The molecule has 1 aromatic carbocycles. The minimum atomic E-state index is -1.24. The van der Waals surface area contributed by atoms with Crippen LogP contribution in [0, 0.1) is 0 Å². The van der Waals surface area contributed by atoms with E-state index in [1.54, 1.807) is 0 Å². The third kappa shape index (κ3) is 3.74. The fraction of sp³-hybridized carbons (Fsp3) is 0.333. The predicted octanol–water partition coefficient (Wildman–Crippen LogP) is 0.274. The summed E-state index contributed by atoms with van der Waals surface area (Å²) in [6, 6.07) is 7.48. The molecule has 0 bridgehead atoms. The highest BCUT2D eigenvalue weighted by Crippen LogP contribution is 2.00. The quantitative estimate of drug-likeness (QED) is 0.701. The monoisotopic (exact) mass is 252 g/mol. The molecule has 0 saturated carbocycles. The molecule has 1 atom stereocenters. The average molecular weight is 252 g/mol. The largest absolute Gasteiger partial charge is 0.480 e. The van der Waals surface area contributed by atoms with Crippen LogP contribution in [-0.4, -0.2) is 46.8 Å². The minimum absolute atomic E-state index is 0.307. The highest BCUT2D eigenvalue weighted by atomic mass is 16.4. The summed E-state index contributed by atoms with van der Waals surface area (Å²) in [4.78, 5) is 23.4. The van der Waals surface area contributed by atoms with Crippen molar-refractivity contribution in [3.63, 3.8) is 0 Å². The van der Waals surface area contributed by atoms with Crippen molar-refractivity contribution in [3.8, 4) is 0 Å². The Morgan fingerprint density at radius 2 is 1.94 bits per heavy atom. The Morgan fingerprint density at radius 3 is 2.44 bits per heavy atom. The third-order valence-electron chi connectivity index (χ3n) is 2.53. The molecule has 0 unspecified atom stereocenters. The van der Waals surface area contributed by atoms with Crippen molar-refractivity contribution in [2.45, 2.75) is 12.6 Å². The van der Waals surface area contributed by atoms with Gasteiger partial charge in [-0.1, -0.05) is 30.3 Å². The summed E-state index contributed by atoms with van der Waals surface area (Å²) in [6.07, 6.45) is 0. The molecule has 0 aromatic heterocycles. The summed E-state index contributed by atoms with van der Waals surface area (Å²) < 4.78 is 0. The lowest BCUT2D eigenvalue weighted by molar-refractivity contribution is -0.143. The van der Waals surface area contributed by atoms with E-state index >= 15 is 0 Å². The van der Waals surface area contributed by atoms with Gasteiger partial charge in [0.25, 0.3) is 0 Å². The summed E-state index contributed by atoms with van der Waals surface area (Å²) in [5, 5.41) is 20.3. The summed E-state index contributed by atoms with van der Waals surface area (Å²) >= 11 is 0. The van der Waals surface area contributed by atoms with E-state index in [1.165, 1.54) is 7.05 Å². The SMILES string of the molecule is CN(C(=O)NCc1ccccc1)[C@@H](CO)C(=O)O. The zero-order valence-corrected chi connectivity index (χ0v) is 10.0. The number of nitrogens with one attached hydrogen (secondary N) is 1. The van der Waals surface area contributed by atoms with Crippen LogP contribution in [0.4, 0.5) is 4.79 Å². The van der Waals surface area contributed by atoms with E-state index in [2.05, 4.69) is 5.32 Å². The number of hydrogen-bond donors (Lipinski definition) is 3. The highest BCUT2D eigenvalue weighted by molar-refractivity contribution is 5.82. The van der Waals surface area contributed by atoms with Crippen LogP contribution in [-0.2, 0) is 11.3 Å². The number of carboxylic acids is 1. The van der Waals surface area contributed by atoms with Crippen molar-refractivity contribution >= 4 is 12.0 Å². The van der Waals surface area contributed by atoms with Gasteiger partial charge in [0.05, 0.1) is 6.61 Å². The van der Waals surface area contributed by atoms with Gasteiger partial charge in [0.2, 0.25) is 0 Å². The summed E-state index contributed by atoms with van der Waals surface area (Å²) in [5.74, 6) is -1.24. The number of nitrogens with zero attached hydrogens (tertiary/aromatic N) is 1. The van der Waals surface area contributed by atoms with E-state index in [4.69, 9.17) is 10.2 Å². The summed E-state index contributed by atoms with van der Waals surface area (Å²) in [7, 11) is 1.33. The maximum atomic E-state index is 11.7. The molecular weight excluding hydrogens is 236 g/mol. The molecule has 2 amide bonds. The standard InChI is InChI=1S/C12H16N2O4/c1-14(10(8-15)11(16)17)12(18)13-7-9-5-3-2-4-6-9/h2-6,10,15H,7-8H2,1H3,(H,13,18)(H,16,17)/t10-/m0/s1. The molecule has 6 heteroatoms. The Morgan fingerprint density at radius 1 is 1.33 bits per heavy atom. The number of rotatable bonds is 5. The van der Waals surface area contributed by atoms with Gasteiger partial charge in [-0.25, -0.2) is 9.59 Å². The minimum Gasteiger partial charge on any atom is -0.480 e. The molecule has 3 N–H and O–H groups in total. The second kappa shape index (κ2) is 6.61. The van der Waals surface area contributed by atoms with Crippen LogP contribution in [0.15, 0.2) is 30.3 Å². The van der Waals surface area contributed by atoms with Crippen LogP contribution in [0.3, 0.4) is 0 Å². The van der Waals surface area contributed by atoms with Gasteiger partial charge in [0.15, 0.2) is 6.04 Å². The van der Waals surface area contributed by atoms with Gasteiger partial charge < -0.3 is 20.4 Å². The van der Waals surface area contributed by atoms with Crippen LogP contribution in [0.2, 0.25) is 0 Å². The second-order valence-corrected chi connectivity index (χ2v) is 3.79. The molecule has 0 spiro atoms. The number of carbonyl (C=O) groups is 2. The molecule has 18 heavy (non-hydrogen) atoms. The van der Waals surface area contributed by atoms with Crippen LogP contribution >= 0.6 is 0 Å². The molecule has 1 aromatic rings. The Kier molecular flexibility index (Phi) is 5.13. The van der Waals surface area contributed by atoms with E-state index in [9.17, 15) is 9.59 Å². The number of carbonyl (C=O) groups excluding carboxylic acids is 1. The van der Waals surface area contributed by atoms with Gasteiger partial charge in [0, 0.05) is 13.6 Å². The third-order valence-corrected chi connectivity index (χ3v) is 2.53. The molecule has 0 aliphatic heterocycles. The number of carboxylic acid groups (broad SMARTS) is 1. The first-order valence-electron chi connectivity index (χ1n) is 5.44. The summed E-state index contributed by atoms with van der Waals surface area (Å²) in [5.41, 5.74) is 0.912. The van der Waals surface area contributed by atoms with E-state index in [0.717, 1.165) is 10.5 Å². The van der Waals surface area contributed by atoms with E-state index < -0.39 is 24.6 Å². The van der Waals surface area contributed by atoms with Gasteiger partial charge in [0.1, 0.15) is 0 Å². The van der Waals surface area contributed by atoms with Crippen molar-refractivity contribution in [1.29, 1.82) is 0 Å². The maximum absolute atomic E-state index is 11.7. The molecule has 0 heterocycles. The molecular formula is C12H16N2O4. The van der Waals surface area contributed by atoms with E-state index in [-0.39, 0.29) is 0 Å². The van der Waals surface area contributed by atoms with Crippen molar-refractivity contribution in [3.05, 3.63) is 35.9 Å². The first-order chi connectivity index (χ1) is 8.56. The number of aliphatic carboxylic acids is 1. The normalized spacial score (nSPS) is 11.7. The number of benzene rings is 1. The number of amides is 2. The van der Waals surface area contributed by atoms with E-state index in [1.807, 2.05) is 30.3 Å². The fourth-order valence-corrected chi connectivity index (χ4v) is 1.41. The average Bonchev–Trinajstić information content (AvgIpc) is 2.37. The molecule has 0 aliphatic carbocycles. The number of likely N-dealkylation sites (N-methyl/N-ethyl adjacent to an activating group) is 1. The van der Waals surface area contributed by atoms with Gasteiger partial charge in [-0.05, 0) is 5.56 Å². The topological polar surface area (TPSA) is 89.9 Å². The predicted molar refractivity (Wildman–Crippen MR) is 65.0 cm³/mol. The molecule has 0 aliphatic rings. The highest BCUT2D eigenvalue weighted by Gasteiger charge is 2.25. The Balaban J connectivity index is 2.52. The number of urea groups is 1. The zero-order chi connectivity index (χ0) is 13.5. The number of aliphatic hydroxyl groups is 1. The Hall–Kier alpha value is -2.08. The van der Waals surface area contributed by atoms with Crippen LogP contribution < -0.4 is 5.32 Å². The van der Waals surface area contributed by atoms with Crippen LogP contribution in [0.5, 0.6) is 0 Å². The first-order valence-corrected chi connectivity index (χ1v) is 5.44. The van der Waals surface area contributed by atoms with Gasteiger partial charge >= 0.3 is 12.0 Å². The second-order valence-electron chi connectivity index (χ2n) is 3.79. The van der Waals surface area contributed by atoms with Crippen LogP contribution in [0.1, 0.15) is 5.56 Å². The lowest BCUT2D eigenvalue weighted by Gasteiger charge is -2.23. The van der Waals surface area contributed by atoms with E-state index in [0.29, 0.717) is 6.54 Å². The van der Waals surface area contributed by atoms with Gasteiger partial charge in [-0.3, -0.25) is 0 Å². The molecule has 6 nitrogen and oxygen atoms in total. The summed E-state index contributed by atoms with van der Waals surface area (Å²) in [6.45, 7) is -0.313. The van der Waals surface area contributed by atoms with Gasteiger partial charge in [-0.15, -0.1) is 0 Å². The molecule has 0 radical (unpaired) electrons. The molecule has 1 rings (SSSR count). The fourth-order valence-electron chi connectivity index (χ4n) is 1.41. The van der Waals surface area contributed by atoms with Crippen molar-refractivity contribution in [2.24, 2.45) is 0 Å². The van der Waals surface area contributed by atoms with Gasteiger partial charge in [-0.2, -0.15) is 0 Å². The Labute approximate surface area is 105 Å². The number of hydrogen-bond acceptors (Lipinski definition) is 3. The molecule has 0 saturated heterocycles.